The van der Waals surface area contributed by atoms with Gasteiger partial charge >= 0.3 is 5.69 Å². The number of hydrogen-bond donors (Lipinski definition) is 1. The first-order chi connectivity index (χ1) is 8.66. The molecule has 0 saturated heterocycles. The van der Waals surface area contributed by atoms with E-state index in [2.05, 4.69) is 4.98 Å². The molecule has 94 valence electrons. The molecule has 1 aromatic carbocycles. The summed E-state index contributed by atoms with van der Waals surface area (Å²) in [5, 5.41) is 0.604. The summed E-state index contributed by atoms with van der Waals surface area (Å²) >= 11 is 0. The van der Waals surface area contributed by atoms with Crippen LogP contribution in [0.1, 0.15) is 37.3 Å². The SMILES string of the molecule is Cc1ccc2c(=O)n(C3CCCC3)c(=O)[nH]c2c1. The lowest BCUT2D eigenvalue weighted by Crippen LogP contribution is -2.37. The Hall–Kier alpha value is -1.84. The zero-order chi connectivity index (χ0) is 12.7. The van der Waals surface area contributed by atoms with Crippen LogP contribution in [0, 0.1) is 6.92 Å². The number of aryl methyl sites for hydroxylation is 1. The lowest BCUT2D eigenvalue weighted by molar-refractivity contribution is 0.483. The molecule has 4 heteroatoms. The molecule has 0 atom stereocenters. The molecule has 0 radical (unpaired) electrons. The molecule has 0 amide bonds. The molecule has 1 N–H and O–H groups in total. The molecular weight excluding hydrogens is 228 g/mol. The molecule has 2 aromatic rings. The van der Waals surface area contributed by atoms with Gasteiger partial charge in [-0.2, -0.15) is 0 Å². The number of benzene rings is 1. The van der Waals surface area contributed by atoms with Crippen LogP contribution in [-0.2, 0) is 0 Å². The third-order valence-electron chi connectivity index (χ3n) is 3.77. The van der Waals surface area contributed by atoms with Crippen LogP contribution in [0.25, 0.3) is 10.9 Å². The van der Waals surface area contributed by atoms with Gasteiger partial charge in [-0.3, -0.25) is 9.36 Å². The zero-order valence-corrected chi connectivity index (χ0v) is 10.4. The summed E-state index contributed by atoms with van der Waals surface area (Å²) < 4.78 is 1.41. The van der Waals surface area contributed by atoms with E-state index >= 15 is 0 Å². The van der Waals surface area contributed by atoms with Gasteiger partial charge in [-0.25, -0.2) is 4.79 Å². The minimum atomic E-state index is -0.273. The molecule has 4 nitrogen and oxygen atoms in total. The Bertz CT molecular complexity index is 706. The molecule has 1 saturated carbocycles. The normalized spacial score (nSPS) is 16.5. The van der Waals surface area contributed by atoms with Gasteiger partial charge in [0.2, 0.25) is 0 Å². The van der Waals surface area contributed by atoms with Crippen molar-refractivity contribution >= 4 is 10.9 Å². The van der Waals surface area contributed by atoms with Crippen LogP contribution in [0.15, 0.2) is 27.8 Å². The van der Waals surface area contributed by atoms with Crippen LogP contribution in [0.2, 0.25) is 0 Å². The maximum absolute atomic E-state index is 12.4. The predicted molar refractivity (Wildman–Crippen MR) is 71.1 cm³/mol. The van der Waals surface area contributed by atoms with E-state index in [4.69, 9.17) is 0 Å². The lowest BCUT2D eigenvalue weighted by atomic mass is 10.1. The number of aromatic nitrogens is 2. The van der Waals surface area contributed by atoms with Crippen LogP contribution >= 0.6 is 0 Å². The number of rotatable bonds is 1. The Morgan fingerprint density at radius 2 is 1.94 bits per heavy atom. The van der Waals surface area contributed by atoms with Gasteiger partial charge in [-0.15, -0.1) is 0 Å². The highest BCUT2D eigenvalue weighted by molar-refractivity contribution is 5.77. The van der Waals surface area contributed by atoms with Crippen LogP contribution in [0.5, 0.6) is 0 Å². The molecule has 1 aliphatic rings. The highest BCUT2D eigenvalue weighted by Crippen LogP contribution is 2.27. The molecule has 0 unspecified atom stereocenters. The summed E-state index contributed by atoms with van der Waals surface area (Å²) in [5.41, 5.74) is 1.25. The zero-order valence-electron chi connectivity index (χ0n) is 10.4. The second-order valence-corrected chi connectivity index (χ2v) is 5.09. The Morgan fingerprint density at radius 1 is 1.22 bits per heavy atom. The summed E-state index contributed by atoms with van der Waals surface area (Å²) in [4.78, 5) is 27.3. The van der Waals surface area contributed by atoms with E-state index in [1.165, 1.54) is 4.57 Å². The largest absolute Gasteiger partial charge is 0.329 e. The summed E-state index contributed by atoms with van der Waals surface area (Å²) in [6, 6.07) is 5.62. The van der Waals surface area contributed by atoms with Crippen LogP contribution in [-0.4, -0.2) is 9.55 Å². The standard InChI is InChI=1S/C14H16N2O2/c1-9-6-7-11-12(8-9)15-14(18)16(13(11)17)10-4-2-3-5-10/h6-8,10H,2-5H2,1H3,(H,15,18). The molecule has 3 rings (SSSR count). The molecule has 1 fully saturated rings. The molecule has 1 heterocycles. The summed E-state index contributed by atoms with van der Waals surface area (Å²) in [7, 11) is 0. The number of H-pyrrole nitrogens is 1. The second kappa shape index (κ2) is 4.12. The van der Waals surface area contributed by atoms with E-state index in [9.17, 15) is 9.59 Å². The van der Waals surface area contributed by atoms with Crippen molar-refractivity contribution in [1.29, 1.82) is 0 Å². The highest BCUT2D eigenvalue weighted by atomic mass is 16.2. The second-order valence-electron chi connectivity index (χ2n) is 5.09. The van der Waals surface area contributed by atoms with Crippen LogP contribution in [0.4, 0.5) is 0 Å². The van der Waals surface area contributed by atoms with E-state index in [0.717, 1.165) is 31.2 Å². The first-order valence-electron chi connectivity index (χ1n) is 6.42. The number of nitrogens with zero attached hydrogens (tertiary/aromatic N) is 1. The number of nitrogens with one attached hydrogen (secondary N) is 1. The Labute approximate surface area is 104 Å². The van der Waals surface area contributed by atoms with Gasteiger partial charge in [0.05, 0.1) is 10.9 Å². The Kier molecular flexibility index (Phi) is 2.58. The minimum absolute atomic E-state index is 0.0759. The minimum Gasteiger partial charge on any atom is -0.307 e. The van der Waals surface area contributed by atoms with Crippen LogP contribution < -0.4 is 11.2 Å². The molecule has 1 aromatic heterocycles. The van der Waals surface area contributed by atoms with E-state index in [-0.39, 0.29) is 17.3 Å². The van der Waals surface area contributed by atoms with Crippen molar-refractivity contribution in [2.45, 2.75) is 38.6 Å². The van der Waals surface area contributed by atoms with Gasteiger partial charge in [0.1, 0.15) is 0 Å². The predicted octanol–water partition coefficient (Wildman–Crippen LogP) is 2.11. The third-order valence-corrected chi connectivity index (χ3v) is 3.77. The molecule has 0 bridgehead atoms. The van der Waals surface area contributed by atoms with Crippen LogP contribution in [0.3, 0.4) is 0 Å². The van der Waals surface area contributed by atoms with Gasteiger partial charge in [0.15, 0.2) is 0 Å². The summed E-state index contributed by atoms with van der Waals surface area (Å²) in [6.45, 7) is 1.94. The number of hydrogen-bond acceptors (Lipinski definition) is 2. The maximum Gasteiger partial charge on any atom is 0.329 e. The average Bonchev–Trinajstić information content (AvgIpc) is 2.82. The first-order valence-corrected chi connectivity index (χ1v) is 6.42. The lowest BCUT2D eigenvalue weighted by Gasteiger charge is -2.12. The fraction of sp³-hybridized carbons (Fsp3) is 0.429. The van der Waals surface area contributed by atoms with Crippen molar-refractivity contribution in [2.24, 2.45) is 0 Å². The fourth-order valence-corrected chi connectivity index (χ4v) is 2.84. The van der Waals surface area contributed by atoms with E-state index in [1.54, 1.807) is 6.07 Å². The van der Waals surface area contributed by atoms with E-state index < -0.39 is 0 Å². The summed E-state index contributed by atoms with van der Waals surface area (Å²) in [5.74, 6) is 0. The van der Waals surface area contributed by atoms with Gasteiger partial charge in [-0.05, 0) is 37.5 Å². The molecule has 18 heavy (non-hydrogen) atoms. The van der Waals surface area contributed by atoms with Crippen molar-refractivity contribution in [3.63, 3.8) is 0 Å². The monoisotopic (exact) mass is 244 g/mol. The first kappa shape index (κ1) is 11.3. The van der Waals surface area contributed by atoms with Crippen molar-refractivity contribution < 1.29 is 0 Å². The Balaban J connectivity index is 2.30. The number of aromatic amines is 1. The van der Waals surface area contributed by atoms with E-state index in [1.807, 2.05) is 19.1 Å². The topological polar surface area (TPSA) is 54.9 Å². The molecule has 0 aliphatic heterocycles. The molecule has 0 spiro atoms. The van der Waals surface area contributed by atoms with E-state index in [0.29, 0.717) is 10.9 Å². The van der Waals surface area contributed by atoms with Gasteiger partial charge in [0, 0.05) is 6.04 Å². The quantitative estimate of drug-likeness (QED) is 0.835. The molecule has 1 aliphatic carbocycles. The third kappa shape index (κ3) is 1.68. The van der Waals surface area contributed by atoms with Gasteiger partial charge < -0.3 is 4.98 Å². The van der Waals surface area contributed by atoms with Crippen molar-refractivity contribution in [1.82, 2.24) is 9.55 Å². The van der Waals surface area contributed by atoms with Crippen molar-refractivity contribution in [2.75, 3.05) is 0 Å². The van der Waals surface area contributed by atoms with Gasteiger partial charge in [0.25, 0.3) is 5.56 Å². The maximum atomic E-state index is 12.4. The van der Waals surface area contributed by atoms with Gasteiger partial charge in [-0.1, -0.05) is 18.9 Å². The van der Waals surface area contributed by atoms with Crippen molar-refractivity contribution in [3.05, 3.63) is 44.6 Å². The summed E-state index contributed by atoms with van der Waals surface area (Å²) in [6.07, 6.45) is 4.06. The fourth-order valence-electron chi connectivity index (χ4n) is 2.84. The smallest absolute Gasteiger partial charge is 0.307 e. The van der Waals surface area contributed by atoms with Crippen molar-refractivity contribution in [3.8, 4) is 0 Å². The Morgan fingerprint density at radius 3 is 2.67 bits per heavy atom. The average molecular weight is 244 g/mol. The number of fused-ring (bicyclic) bond motifs is 1. The molecular formula is C14H16N2O2. The highest BCUT2D eigenvalue weighted by Gasteiger charge is 2.21.